The standard InChI is InChI=1S/C15H13N3OS/c1-20-15-17-13-9-10(16)7-8-12(13)14(19)18(15)11-5-3-2-4-6-11/h2-9H,16H2,1H3. The first-order chi connectivity index (χ1) is 9.70. The van der Waals surface area contributed by atoms with Crippen molar-refractivity contribution in [2.24, 2.45) is 0 Å². The number of aromatic nitrogens is 2. The van der Waals surface area contributed by atoms with Crippen molar-refractivity contribution < 1.29 is 0 Å². The second kappa shape index (κ2) is 5.02. The van der Waals surface area contributed by atoms with Crippen LogP contribution in [-0.4, -0.2) is 15.8 Å². The number of hydrogen-bond acceptors (Lipinski definition) is 4. The van der Waals surface area contributed by atoms with Crippen LogP contribution in [0.3, 0.4) is 0 Å². The molecular formula is C15H13N3OS. The molecule has 0 aliphatic carbocycles. The van der Waals surface area contributed by atoms with E-state index in [2.05, 4.69) is 4.98 Å². The average Bonchev–Trinajstić information content (AvgIpc) is 2.47. The number of fused-ring (bicyclic) bond motifs is 1. The fourth-order valence-corrected chi connectivity index (χ4v) is 2.68. The van der Waals surface area contributed by atoms with Gasteiger partial charge in [0.15, 0.2) is 5.16 Å². The third-order valence-corrected chi connectivity index (χ3v) is 3.70. The topological polar surface area (TPSA) is 60.9 Å². The van der Waals surface area contributed by atoms with E-state index < -0.39 is 0 Å². The van der Waals surface area contributed by atoms with Crippen LogP contribution in [0.4, 0.5) is 5.69 Å². The number of nitrogen functional groups attached to an aromatic ring is 1. The van der Waals surface area contributed by atoms with E-state index in [-0.39, 0.29) is 5.56 Å². The van der Waals surface area contributed by atoms with Crippen molar-refractivity contribution in [2.45, 2.75) is 5.16 Å². The molecule has 0 saturated heterocycles. The Morgan fingerprint density at radius 2 is 1.90 bits per heavy atom. The number of hydrogen-bond donors (Lipinski definition) is 1. The molecule has 2 aromatic carbocycles. The third kappa shape index (κ3) is 2.06. The molecule has 0 amide bonds. The number of nitrogens with two attached hydrogens (primary N) is 1. The van der Waals surface area contributed by atoms with Crippen LogP contribution in [0, 0.1) is 0 Å². The van der Waals surface area contributed by atoms with Crippen LogP contribution in [0.25, 0.3) is 16.6 Å². The summed E-state index contributed by atoms with van der Waals surface area (Å²) in [6, 6.07) is 14.7. The predicted molar refractivity (Wildman–Crippen MR) is 83.5 cm³/mol. The number of anilines is 1. The molecule has 0 fully saturated rings. The second-order valence-corrected chi connectivity index (χ2v) is 5.12. The fourth-order valence-electron chi connectivity index (χ4n) is 2.12. The highest BCUT2D eigenvalue weighted by atomic mass is 32.2. The van der Waals surface area contributed by atoms with Gasteiger partial charge in [-0.15, -0.1) is 0 Å². The summed E-state index contributed by atoms with van der Waals surface area (Å²) in [6.45, 7) is 0. The van der Waals surface area contributed by atoms with Gasteiger partial charge in [-0.1, -0.05) is 30.0 Å². The van der Waals surface area contributed by atoms with Crippen molar-refractivity contribution in [2.75, 3.05) is 12.0 Å². The molecule has 0 radical (unpaired) electrons. The zero-order chi connectivity index (χ0) is 14.1. The van der Waals surface area contributed by atoms with Crippen molar-refractivity contribution in [3.63, 3.8) is 0 Å². The molecule has 3 rings (SSSR count). The van der Waals surface area contributed by atoms with E-state index in [1.165, 1.54) is 11.8 Å². The van der Waals surface area contributed by atoms with Crippen LogP contribution in [0.15, 0.2) is 58.5 Å². The van der Waals surface area contributed by atoms with Crippen molar-refractivity contribution >= 4 is 28.4 Å². The molecule has 0 spiro atoms. The van der Waals surface area contributed by atoms with E-state index in [1.54, 1.807) is 22.8 Å². The quantitative estimate of drug-likeness (QED) is 0.446. The van der Waals surface area contributed by atoms with Crippen molar-refractivity contribution in [3.8, 4) is 5.69 Å². The molecular weight excluding hydrogens is 270 g/mol. The van der Waals surface area contributed by atoms with Crippen LogP contribution < -0.4 is 11.3 Å². The minimum atomic E-state index is -0.0782. The molecule has 0 saturated carbocycles. The van der Waals surface area contributed by atoms with Gasteiger partial charge in [0.1, 0.15) is 0 Å². The largest absolute Gasteiger partial charge is 0.399 e. The summed E-state index contributed by atoms with van der Waals surface area (Å²) in [4.78, 5) is 17.2. The maximum atomic E-state index is 12.7. The van der Waals surface area contributed by atoms with Gasteiger partial charge in [0, 0.05) is 5.69 Å². The molecule has 2 N–H and O–H groups in total. The molecule has 100 valence electrons. The molecule has 4 nitrogen and oxygen atoms in total. The van der Waals surface area contributed by atoms with Crippen molar-refractivity contribution in [3.05, 3.63) is 58.9 Å². The minimum absolute atomic E-state index is 0.0782. The first-order valence-electron chi connectivity index (χ1n) is 6.12. The SMILES string of the molecule is CSc1nc2cc(N)ccc2c(=O)n1-c1ccccc1. The van der Waals surface area contributed by atoms with Crippen LogP contribution in [-0.2, 0) is 0 Å². The first-order valence-corrected chi connectivity index (χ1v) is 7.35. The molecule has 0 bridgehead atoms. The zero-order valence-electron chi connectivity index (χ0n) is 10.9. The van der Waals surface area contributed by atoms with E-state index in [1.807, 2.05) is 36.6 Å². The van der Waals surface area contributed by atoms with Crippen LogP contribution in [0.2, 0.25) is 0 Å². The summed E-state index contributed by atoms with van der Waals surface area (Å²) in [7, 11) is 0. The highest BCUT2D eigenvalue weighted by Gasteiger charge is 2.11. The Hall–Kier alpha value is -2.27. The van der Waals surface area contributed by atoms with E-state index in [4.69, 9.17) is 5.73 Å². The van der Waals surface area contributed by atoms with Gasteiger partial charge < -0.3 is 5.73 Å². The normalized spacial score (nSPS) is 10.8. The second-order valence-electron chi connectivity index (χ2n) is 4.35. The molecule has 0 aliphatic rings. The Kier molecular flexibility index (Phi) is 3.20. The number of nitrogens with zero attached hydrogens (tertiary/aromatic N) is 2. The number of rotatable bonds is 2. The molecule has 5 heteroatoms. The molecule has 1 heterocycles. The third-order valence-electron chi connectivity index (χ3n) is 3.06. The Labute approximate surface area is 120 Å². The lowest BCUT2D eigenvalue weighted by Gasteiger charge is -2.11. The Bertz CT molecular complexity index is 828. The number of thioether (sulfide) groups is 1. The van der Waals surface area contributed by atoms with Gasteiger partial charge in [0.25, 0.3) is 5.56 Å². The fraction of sp³-hybridized carbons (Fsp3) is 0.0667. The summed E-state index contributed by atoms with van der Waals surface area (Å²) < 4.78 is 1.63. The first kappa shape index (κ1) is 12.7. The number of para-hydroxylation sites is 1. The minimum Gasteiger partial charge on any atom is -0.399 e. The van der Waals surface area contributed by atoms with Gasteiger partial charge in [-0.2, -0.15) is 0 Å². The van der Waals surface area contributed by atoms with E-state index in [0.29, 0.717) is 21.7 Å². The molecule has 1 aromatic heterocycles. The molecule has 3 aromatic rings. The average molecular weight is 283 g/mol. The summed E-state index contributed by atoms with van der Waals surface area (Å²) >= 11 is 1.44. The highest BCUT2D eigenvalue weighted by Crippen LogP contribution is 2.20. The lowest BCUT2D eigenvalue weighted by atomic mass is 10.2. The van der Waals surface area contributed by atoms with Crippen molar-refractivity contribution in [1.29, 1.82) is 0 Å². The van der Waals surface area contributed by atoms with Crippen LogP contribution in [0.1, 0.15) is 0 Å². The Morgan fingerprint density at radius 1 is 1.15 bits per heavy atom. The lowest BCUT2D eigenvalue weighted by molar-refractivity contribution is 0.822. The summed E-state index contributed by atoms with van der Waals surface area (Å²) in [5, 5.41) is 1.22. The monoisotopic (exact) mass is 283 g/mol. The van der Waals surface area contributed by atoms with Gasteiger partial charge in [0.2, 0.25) is 0 Å². The maximum Gasteiger partial charge on any atom is 0.266 e. The number of benzene rings is 2. The van der Waals surface area contributed by atoms with Gasteiger partial charge >= 0.3 is 0 Å². The Morgan fingerprint density at radius 3 is 2.60 bits per heavy atom. The van der Waals surface area contributed by atoms with Gasteiger partial charge in [-0.3, -0.25) is 9.36 Å². The molecule has 0 unspecified atom stereocenters. The van der Waals surface area contributed by atoms with E-state index in [9.17, 15) is 4.79 Å². The molecule has 0 atom stereocenters. The Balaban J connectivity index is 2.40. The van der Waals surface area contributed by atoms with Gasteiger partial charge in [-0.25, -0.2) is 4.98 Å². The maximum absolute atomic E-state index is 12.7. The van der Waals surface area contributed by atoms with Crippen LogP contribution in [0.5, 0.6) is 0 Å². The van der Waals surface area contributed by atoms with Crippen LogP contribution >= 0.6 is 11.8 Å². The lowest BCUT2D eigenvalue weighted by Crippen LogP contribution is -2.21. The summed E-state index contributed by atoms with van der Waals surface area (Å²) in [5.74, 6) is 0. The van der Waals surface area contributed by atoms with Gasteiger partial charge in [-0.05, 0) is 36.6 Å². The molecule has 20 heavy (non-hydrogen) atoms. The summed E-state index contributed by atoms with van der Waals surface area (Å²) in [5.41, 5.74) is 7.73. The van der Waals surface area contributed by atoms with Crippen molar-refractivity contribution in [1.82, 2.24) is 9.55 Å². The predicted octanol–water partition coefficient (Wildman–Crippen LogP) is 2.69. The highest BCUT2D eigenvalue weighted by molar-refractivity contribution is 7.98. The smallest absolute Gasteiger partial charge is 0.266 e. The van der Waals surface area contributed by atoms with E-state index in [0.717, 1.165) is 5.69 Å². The van der Waals surface area contributed by atoms with Gasteiger partial charge in [0.05, 0.1) is 16.6 Å². The zero-order valence-corrected chi connectivity index (χ0v) is 11.7. The molecule has 0 aliphatic heterocycles. The summed E-state index contributed by atoms with van der Waals surface area (Å²) in [6.07, 6.45) is 1.90. The van der Waals surface area contributed by atoms with E-state index >= 15 is 0 Å².